The number of hydrogen-bond acceptors (Lipinski definition) is 3. The maximum atomic E-state index is 13.4. The summed E-state index contributed by atoms with van der Waals surface area (Å²) in [5.74, 6) is 1.00. The number of rotatable bonds is 6. The van der Waals surface area contributed by atoms with Crippen LogP contribution in [0.2, 0.25) is 0 Å². The van der Waals surface area contributed by atoms with Gasteiger partial charge in [0.05, 0.1) is 11.6 Å². The van der Waals surface area contributed by atoms with Crippen molar-refractivity contribution in [1.82, 2.24) is 9.88 Å². The molecule has 5 rings (SSSR count). The van der Waals surface area contributed by atoms with E-state index in [-0.39, 0.29) is 5.92 Å². The van der Waals surface area contributed by atoms with Crippen LogP contribution in [0, 0.1) is 17.2 Å². The average Bonchev–Trinajstić information content (AvgIpc) is 3.33. The summed E-state index contributed by atoms with van der Waals surface area (Å²) in [4.78, 5) is 21.4. The summed E-state index contributed by atoms with van der Waals surface area (Å²) in [7, 11) is 0. The molecule has 1 amide bonds. The number of nitrogens with one attached hydrogen (secondary N) is 1. The molecule has 1 aliphatic heterocycles. The van der Waals surface area contributed by atoms with E-state index in [0.29, 0.717) is 11.8 Å². The number of anilines is 1. The number of amides is 1. The maximum Gasteiger partial charge on any atom is 0.230 e. The first kappa shape index (κ1) is 22.7. The van der Waals surface area contributed by atoms with Crippen molar-refractivity contribution < 1.29 is 4.79 Å². The summed E-state index contributed by atoms with van der Waals surface area (Å²) in [6, 6.07) is 18.4. The van der Waals surface area contributed by atoms with Gasteiger partial charge < -0.3 is 14.8 Å². The Morgan fingerprint density at radius 3 is 2.53 bits per heavy atom. The summed E-state index contributed by atoms with van der Waals surface area (Å²) in [5, 5.41) is 10.5. The fraction of sp³-hybridized carbons (Fsp3) is 0.448. The minimum atomic E-state index is 0.180. The molecule has 1 saturated heterocycles. The highest BCUT2D eigenvalue weighted by atomic mass is 16.2. The molecule has 3 aromatic rings. The van der Waals surface area contributed by atoms with Gasteiger partial charge in [0.1, 0.15) is 0 Å². The number of aromatic nitrogens is 1. The van der Waals surface area contributed by atoms with Crippen molar-refractivity contribution in [2.24, 2.45) is 5.92 Å². The van der Waals surface area contributed by atoms with Crippen LogP contribution in [0.25, 0.3) is 10.9 Å². The lowest BCUT2D eigenvalue weighted by Gasteiger charge is -2.35. The molecule has 2 aromatic carbocycles. The van der Waals surface area contributed by atoms with Crippen molar-refractivity contribution in [3.8, 4) is 6.07 Å². The number of nitrogens with zero attached hydrogens (tertiary/aromatic N) is 3. The molecule has 2 heterocycles. The van der Waals surface area contributed by atoms with Gasteiger partial charge in [-0.2, -0.15) is 5.26 Å². The number of para-hydroxylation sites is 1. The second kappa shape index (κ2) is 10.4. The summed E-state index contributed by atoms with van der Waals surface area (Å²) in [6.07, 6.45) is 10.0. The van der Waals surface area contributed by atoms with E-state index in [2.05, 4.69) is 34.3 Å². The predicted octanol–water partition coefficient (Wildman–Crippen LogP) is 5.83. The lowest BCUT2D eigenvalue weighted by atomic mass is 9.88. The third kappa shape index (κ3) is 4.88. The van der Waals surface area contributed by atoms with E-state index in [0.717, 1.165) is 68.6 Å². The Kier molecular flexibility index (Phi) is 6.97. The zero-order valence-corrected chi connectivity index (χ0v) is 19.9. The van der Waals surface area contributed by atoms with Crippen molar-refractivity contribution in [1.29, 1.82) is 5.26 Å². The van der Waals surface area contributed by atoms with Crippen LogP contribution in [0.15, 0.2) is 54.7 Å². The van der Waals surface area contributed by atoms with E-state index in [1.54, 1.807) is 0 Å². The lowest BCUT2D eigenvalue weighted by molar-refractivity contribution is -0.123. The molecular formula is C29H34N4O. The van der Waals surface area contributed by atoms with Crippen LogP contribution in [0.3, 0.4) is 0 Å². The zero-order valence-electron chi connectivity index (χ0n) is 19.9. The third-order valence-corrected chi connectivity index (χ3v) is 7.80. The second-order valence-electron chi connectivity index (χ2n) is 9.89. The number of carbonyl (C=O) groups excluding carboxylic acids is 1. The van der Waals surface area contributed by atoms with Crippen molar-refractivity contribution in [2.75, 3.05) is 31.1 Å². The summed E-state index contributed by atoms with van der Waals surface area (Å²) in [6.45, 7) is 3.74. The molecule has 0 radical (unpaired) electrons. The molecule has 1 aromatic heterocycles. The largest absolute Gasteiger partial charge is 0.361 e. The summed E-state index contributed by atoms with van der Waals surface area (Å²) >= 11 is 0. The van der Waals surface area contributed by atoms with Crippen LogP contribution < -0.4 is 4.90 Å². The Labute approximate surface area is 202 Å². The molecule has 5 nitrogen and oxygen atoms in total. The first-order chi connectivity index (χ1) is 16.7. The molecule has 2 aliphatic rings. The Morgan fingerprint density at radius 2 is 1.79 bits per heavy atom. The minimum absolute atomic E-state index is 0.180. The quantitative estimate of drug-likeness (QED) is 0.509. The lowest BCUT2D eigenvalue weighted by Crippen LogP contribution is -2.44. The van der Waals surface area contributed by atoms with Crippen LogP contribution >= 0.6 is 0 Å². The van der Waals surface area contributed by atoms with Crippen molar-refractivity contribution in [3.63, 3.8) is 0 Å². The van der Waals surface area contributed by atoms with Gasteiger partial charge in [-0.3, -0.25) is 4.79 Å². The van der Waals surface area contributed by atoms with Gasteiger partial charge in [0.2, 0.25) is 5.91 Å². The van der Waals surface area contributed by atoms with Gasteiger partial charge in [0.15, 0.2) is 0 Å². The zero-order chi connectivity index (χ0) is 23.3. The Bertz CT molecular complexity index is 1150. The van der Waals surface area contributed by atoms with Gasteiger partial charge >= 0.3 is 0 Å². The molecular weight excluding hydrogens is 420 g/mol. The molecule has 1 N–H and O–H groups in total. The molecule has 5 heteroatoms. The number of fused-ring (bicyclic) bond motifs is 1. The fourth-order valence-corrected chi connectivity index (χ4v) is 5.80. The van der Waals surface area contributed by atoms with Gasteiger partial charge in [-0.15, -0.1) is 0 Å². The average molecular weight is 455 g/mol. The summed E-state index contributed by atoms with van der Waals surface area (Å²) in [5.41, 5.74) is 4.19. The highest BCUT2D eigenvalue weighted by Crippen LogP contribution is 2.34. The number of piperidine rings is 1. The monoisotopic (exact) mass is 454 g/mol. The van der Waals surface area contributed by atoms with Crippen LogP contribution in [-0.2, 0) is 4.79 Å². The number of carbonyl (C=O) groups is 1. The standard InChI is InChI=1S/C29H34N4O/c30-20-22-11-12-28-26(19-22)27(21-31-28)23-13-15-32(16-14-23)17-18-33(25-9-5-2-6-10-25)29(34)24-7-3-1-4-8-24/h2,5-6,9-12,19,21,23-24,31H,1,3-4,7-8,13-18H2. The molecule has 1 saturated carbocycles. The minimum Gasteiger partial charge on any atom is -0.361 e. The topological polar surface area (TPSA) is 63.1 Å². The first-order valence-electron chi connectivity index (χ1n) is 12.8. The normalized spacial score (nSPS) is 18.1. The molecule has 0 atom stereocenters. The second-order valence-corrected chi connectivity index (χ2v) is 9.89. The van der Waals surface area contributed by atoms with Gasteiger partial charge in [-0.25, -0.2) is 0 Å². The highest BCUT2D eigenvalue weighted by molar-refractivity contribution is 5.95. The number of H-pyrrole nitrogens is 1. The molecule has 34 heavy (non-hydrogen) atoms. The first-order valence-corrected chi connectivity index (χ1v) is 12.8. The molecule has 0 unspecified atom stereocenters. The fourth-order valence-electron chi connectivity index (χ4n) is 5.80. The van der Waals surface area contributed by atoms with E-state index in [9.17, 15) is 10.1 Å². The van der Waals surface area contributed by atoms with Crippen molar-refractivity contribution in [3.05, 3.63) is 65.9 Å². The van der Waals surface area contributed by atoms with E-state index < -0.39 is 0 Å². The van der Waals surface area contributed by atoms with Crippen LogP contribution in [-0.4, -0.2) is 42.0 Å². The molecule has 0 spiro atoms. The van der Waals surface area contributed by atoms with E-state index in [4.69, 9.17) is 0 Å². The van der Waals surface area contributed by atoms with Gasteiger partial charge in [0.25, 0.3) is 0 Å². The van der Waals surface area contributed by atoms with Crippen LogP contribution in [0.4, 0.5) is 5.69 Å². The van der Waals surface area contributed by atoms with Crippen LogP contribution in [0.1, 0.15) is 62.0 Å². The number of hydrogen-bond donors (Lipinski definition) is 1. The molecule has 176 valence electrons. The summed E-state index contributed by atoms with van der Waals surface area (Å²) < 4.78 is 0. The van der Waals surface area contributed by atoms with Gasteiger partial charge in [0, 0.05) is 41.8 Å². The molecule has 1 aliphatic carbocycles. The van der Waals surface area contributed by atoms with Crippen molar-refractivity contribution in [2.45, 2.75) is 50.9 Å². The number of benzene rings is 2. The van der Waals surface area contributed by atoms with E-state index in [1.807, 2.05) is 41.3 Å². The maximum absolute atomic E-state index is 13.4. The number of likely N-dealkylation sites (tertiary alicyclic amines) is 1. The highest BCUT2D eigenvalue weighted by Gasteiger charge is 2.28. The molecule has 2 fully saturated rings. The Morgan fingerprint density at radius 1 is 1.03 bits per heavy atom. The number of aromatic amines is 1. The van der Waals surface area contributed by atoms with E-state index >= 15 is 0 Å². The van der Waals surface area contributed by atoms with Gasteiger partial charge in [-0.1, -0.05) is 37.5 Å². The van der Waals surface area contributed by atoms with E-state index in [1.165, 1.54) is 30.2 Å². The number of nitriles is 1. The third-order valence-electron chi connectivity index (χ3n) is 7.80. The van der Waals surface area contributed by atoms with Crippen molar-refractivity contribution >= 4 is 22.5 Å². The Balaban J connectivity index is 1.22. The van der Waals surface area contributed by atoms with Gasteiger partial charge in [-0.05, 0) is 80.6 Å². The van der Waals surface area contributed by atoms with Crippen LogP contribution in [0.5, 0.6) is 0 Å². The Hall–Kier alpha value is -3.10. The molecule has 0 bridgehead atoms. The SMILES string of the molecule is N#Cc1ccc2[nH]cc(C3CCN(CCN(C(=O)C4CCCCC4)c4ccccc4)CC3)c2c1. The smallest absolute Gasteiger partial charge is 0.230 e. The predicted molar refractivity (Wildman–Crippen MR) is 137 cm³/mol.